The van der Waals surface area contributed by atoms with E-state index in [0.29, 0.717) is 39.0 Å². The first-order chi connectivity index (χ1) is 13.6. The van der Waals surface area contributed by atoms with E-state index in [9.17, 15) is 9.59 Å². The summed E-state index contributed by atoms with van der Waals surface area (Å²) in [6, 6.07) is 13.2. The molecule has 0 aliphatic carbocycles. The quantitative estimate of drug-likeness (QED) is 0.697. The van der Waals surface area contributed by atoms with Crippen LogP contribution in [0.15, 0.2) is 60.9 Å². The van der Waals surface area contributed by atoms with Crippen LogP contribution in [-0.2, 0) is 0 Å². The molecule has 4 rings (SSSR count). The number of amides is 2. The molecule has 0 unspecified atom stereocenters. The molecule has 1 aromatic heterocycles. The van der Waals surface area contributed by atoms with E-state index in [4.69, 9.17) is 21.1 Å². The molecule has 1 aliphatic rings. The van der Waals surface area contributed by atoms with Crippen molar-refractivity contribution in [2.75, 3.05) is 17.4 Å². The second kappa shape index (κ2) is 7.58. The van der Waals surface area contributed by atoms with E-state index in [1.807, 2.05) is 0 Å². The summed E-state index contributed by atoms with van der Waals surface area (Å²) >= 11 is 6.13. The Hall–Kier alpha value is -3.58. The fourth-order valence-corrected chi connectivity index (χ4v) is 2.94. The second-order valence-electron chi connectivity index (χ2n) is 5.92. The van der Waals surface area contributed by atoms with Crippen LogP contribution in [0.2, 0.25) is 5.02 Å². The number of nitrogens with one attached hydrogen (secondary N) is 2. The second-order valence-corrected chi connectivity index (χ2v) is 6.33. The molecule has 1 aliphatic heterocycles. The van der Waals surface area contributed by atoms with Gasteiger partial charge in [-0.05, 0) is 42.5 Å². The molecule has 3 aromatic rings. The SMILES string of the molecule is O=C(Nc1cccc(NC(=O)c2cc(Cl)c3c(c2)OCO3)c1)c1cccnc1. The van der Waals surface area contributed by atoms with Gasteiger partial charge in [0.25, 0.3) is 11.8 Å². The van der Waals surface area contributed by atoms with E-state index >= 15 is 0 Å². The molecule has 0 bridgehead atoms. The lowest BCUT2D eigenvalue weighted by Gasteiger charge is -2.10. The number of hydrogen-bond donors (Lipinski definition) is 2. The number of rotatable bonds is 4. The maximum Gasteiger partial charge on any atom is 0.257 e. The van der Waals surface area contributed by atoms with Gasteiger partial charge >= 0.3 is 0 Å². The number of ether oxygens (including phenoxy) is 2. The smallest absolute Gasteiger partial charge is 0.257 e. The van der Waals surface area contributed by atoms with E-state index in [2.05, 4.69) is 15.6 Å². The molecule has 140 valence electrons. The number of nitrogens with zero attached hydrogens (tertiary/aromatic N) is 1. The topological polar surface area (TPSA) is 89.6 Å². The largest absolute Gasteiger partial charge is 0.454 e. The number of halogens is 1. The zero-order valence-electron chi connectivity index (χ0n) is 14.4. The van der Waals surface area contributed by atoms with Crippen molar-refractivity contribution in [2.45, 2.75) is 0 Å². The number of pyridine rings is 1. The minimum absolute atomic E-state index is 0.0683. The van der Waals surface area contributed by atoms with Crippen molar-refractivity contribution in [3.63, 3.8) is 0 Å². The van der Waals surface area contributed by atoms with Gasteiger partial charge in [0.1, 0.15) is 0 Å². The number of fused-ring (bicyclic) bond motifs is 1. The summed E-state index contributed by atoms with van der Waals surface area (Å²) in [6.45, 7) is 0.0683. The Bertz CT molecular complexity index is 1060. The molecule has 0 saturated carbocycles. The van der Waals surface area contributed by atoms with Crippen LogP contribution in [0.4, 0.5) is 11.4 Å². The molecule has 7 nitrogen and oxygen atoms in total. The van der Waals surface area contributed by atoms with E-state index < -0.39 is 0 Å². The van der Waals surface area contributed by atoms with Crippen LogP contribution in [0.3, 0.4) is 0 Å². The predicted octanol–water partition coefficient (Wildman–Crippen LogP) is 3.97. The zero-order chi connectivity index (χ0) is 19.5. The molecule has 0 fully saturated rings. The normalized spacial score (nSPS) is 11.8. The Kier molecular flexibility index (Phi) is 4.82. The first kappa shape index (κ1) is 17.8. The predicted molar refractivity (Wildman–Crippen MR) is 104 cm³/mol. The Labute approximate surface area is 165 Å². The summed E-state index contributed by atoms with van der Waals surface area (Å²) in [5.41, 5.74) is 1.82. The van der Waals surface area contributed by atoms with E-state index in [0.717, 1.165) is 0 Å². The summed E-state index contributed by atoms with van der Waals surface area (Å²) in [4.78, 5) is 28.7. The molecular formula is C20H14ClN3O4. The molecule has 28 heavy (non-hydrogen) atoms. The number of benzene rings is 2. The molecule has 2 amide bonds. The first-order valence-electron chi connectivity index (χ1n) is 8.32. The van der Waals surface area contributed by atoms with Crippen molar-refractivity contribution in [3.8, 4) is 11.5 Å². The molecule has 0 spiro atoms. The number of carbonyl (C=O) groups excluding carboxylic acids is 2. The highest BCUT2D eigenvalue weighted by Crippen LogP contribution is 2.39. The standard InChI is InChI=1S/C20H14ClN3O4/c21-16-7-13(8-17-18(16)28-11-27-17)20(26)24-15-5-1-4-14(9-15)23-19(25)12-3-2-6-22-10-12/h1-10H,11H2,(H,23,25)(H,24,26). The molecule has 0 radical (unpaired) electrons. The van der Waals surface area contributed by atoms with E-state index in [1.165, 1.54) is 12.3 Å². The van der Waals surface area contributed by atoms with E-state index in [-0.39, 0.29) is 18.6 Å². The molecule has 0 saturated heterocycles. The van der Waals surface area contributed by atoms with Crippen molar-refractivity contribution in [1.29, 1.82) is 0 Å². The van der Waals surface area contributed by atoms with Crippen LogP contribution >= 0.6 is 11.6 Å². The van der Waals surface area contributed by atoms with Gasteiger partial charge in [-0.1, -0.05) is 17.7 Å². The highest BCUT2D eigenvalue weighted by Gasteiger charge is 2.20. The first-order valence-corrected chi connectivity index (χ1v) is 8.70. The van der Waals surface area contributed by atoms with Gasteiger partial charge in [-0.2, -0.15) is 0 Å². The lowest BCUT2D eigenvalue weighted by molar-refractivity contribution is 0.101. The summed E-state index contributed by atoms with van der Waals surface area (Å²) in [7, 11) is 0. The number of anilines is 2. The van der Waals surface area contributed by atoms with Crippen LogP contribution in [0.5, 0.6) is 11.5 Å². The van der Waals surface area contributed by atoms with Crippen LogP contribution in [0.1, 0.15) is 20.7 Å². The summed E-state index contributed by atoms with van der Waals surface area (Å²) in [6.07, 6.45) is 3.07. The van der Waals surface area contributed by atoms with E-state index in [1.54, 1.807) is 48.7 Å². The minimum atomic E-state index is -0.365. The third-order valence-corrected chi connectivity index (χ3v) is 4.27. The summed E-state index contributed by atoms with van der Waals surface area (Å²) in [5, 5.41) is 5.84. The number of hydrogen-bond acceptors (Lipinski definition) is 5. The molecule has 2 heterocycles. The molecule has 2 aromatic carbocycles. The summed E-state index contributed by atoms with van der Waals surface area (Å²) < 4.78 is 10.5. The maximum absolute atomic E-state index is 12.6. The van der Waals surface area contributed by atoms with Crippen LogP contribution in [-0.4, -0.2) is 23.6 Å². The lowest BCUT2D eigenvalue weighted by atomic mass is 10.1. The number of carbonyl (C=O) groups is 2. The van der Waals surface area contributed by atoms with Crippen molar-refractivity contribution in [3.05, 3.63) is 77.1 Å². The molecular weight excluding hydrogens is 382 g/mol. The van der Waals surface area contributed by atoms with Gasteiger partial charge in [-0.15, -0.1) is 0 Å². The monoisotopic (exact) mass is 395 g/mol. The lowest BCUT2D eigenvalue weighted by Crippen LogP contribution is -2.14. The van der Waals surface area contributed by atoms with Gasteiger partial charge in [0, 0.05) is 29.3 Å². The highest BCUT2D eigenvalue weighted by atomic mass is 35.5. The van der Waals surface area contributed by atoms with Crippen molar-refractivity contribution in [1.82, 2.24) is 4.98 Å². The van der Waals surface area contributed by atoms with Crippen LogP contribution < -0.4 is 20.1 Å². The van der Waals surface area contributed by atoms with Crippen molar-refractivity contribution < 1.29 is 19.1 Å². The Morgan fingerprint density at radius 2 is 1.68 bits per heavy atom. The Balaban J connectivity index is 1.48. The average Bonchev–Trinajstić information content (AvgIpc) is 3.18. The maximum atomic E-state index is 12.6. The fraction of sp³-hybridized carbons (Fsp3) is 0.0500. The number of aromatic nitrogens is 1. The van der Waals surface area contributed by atoms with Gasteiger partial charge in [0.05, 0.1) is 10.6 Å². The molecule has 0 atom stereocenters. The van der Waals surface area contributed by atoms with Crippen LogP contribution in [0, 0.1) is 0 Å². The van der Waals surface area contributed by atoms with Gasteiger partial charge in [-0.25, -0.2) is 0 Å². The fourth-order valence-electron chi connectivity index (χ4n) is 2.68. The van der Waals surface area contributed by atoms with Gasteiger partial charge in [-0.3, -0.25) is 14.6 Å². The summed E-state index contributed by atoms with van der Waals surface area (Å²) in [5.74, 6) is 0.198. The molecule has 2 N–H and O–H groups in total. The van der Waals surface area contributed by atoms with Gasteiger partial charge in [0.2, 0.25) is 6.79 Å². The third-order valence-electron chi connectivity index (χ3n) is 3.99. The van der Waals surface area contributed by atoms with Crippen molar-refractivity contribution >= 4 is 34.8 Å². The van der Waals surface area contributed by atoms with Crippen LogP contribution in [0.25, 0.3) is 0 Å². The van der Waals surface area contributed by atoms with Gasteiger partial charge < -0.3 is 20.1 Å². The molecule has 8 heteroatoms. The average molecular weight is 396 g/mol. The van der Waals surface area contributed by atoms with Gasteiger partial charge in [0.15, 0.2) is 11.5 Å². The third kappa shape index (κ3) is 3.74. The zero-order valence-corrected chi connectivity index (χ0v) is 15.2. The highest BCUT2D eigenvalue weighted by molar-refractivity contribution is 6.32. The Morgan fingerprint density at radius 1 is 0.929 bits per heavy atom. The Morgan fingerprint density at radius 3 is 2.39 bits per heavy atom. The minimum Gasteiger partial charge on any atom is -0.454 e. The van der Waals surface area contributed by atoms with Crippen molar-refractivity contribution in [2.24, 2.45) is 0 Å².